The van der Waals surface area contributed by atoms with Crippen molar-refractivity contribution < 1.29 is 9.47 Å². The maximum Gasteiger partial charge on any atom is 0.142 e. The zero-order chi connectivity index (χ0) is 13.3. The number of ether oxygens (including phenoxy) is 2. The van der Waals surface area contributed by atoms with Crippen molar-refractivity contribution in [2.45, 2.75) is 57.2 Å². The first-order chi connectivity index (χ1) is 9.17. The van der Waals surface area contributed by atoms with Crippen LogP contribution in [0.2, 0.25) is 0 Å². The Morgan fingerprint density at radius 3 is 2.89 bits per heavy atom. The van der Waals surface area contributed by atoms with Gasteiger partial charge in [0.05, 0.1) is 17.4 Å². The van der Waals surface area contributed by atoms with Crippen LogP contribution in [0.4, 0.5) is 5.69 Å². The van der Waals surface area contributed by atoms with Crippen molar-refractivity contribution in [1.29, 1.82) is 0 Å². The third kappa shape index (κ3) is 2.71. The van der Waals surface area contributed by atoms with Crippen LogP contribution in [0, 0.1) is 6.92 Å². The van der Waals surface area contributed by atoms with Crippen LogP contribution in [0.5, 0.6) is 5.75 Å². The van der Waals surface area contributed by atoms with E-state index < -0.39 is 0 Å². The lowest BCUT2D eigenvalue weighted by molar-refractivity contribution is -0.0508. The Morgan fingerprint density at radius 1 is 1.32 bits per heavy atom. The Hall–Kier alpha value is -1.22. The second-order valence-corrected chi connectivity index (χ2v) is 6.02. The van der Waals surface area contributed by atoms with Gasteiger partial charge in [-0.3, -0.25) is 0 Å². The fraction of sp³-hybridized carbons (Fsp3) is 0.625. The monoisotopic (exact) mass is 261 g/mol. The number of aryl methyl sites for hydroxylation is 1. The van der Waals surface area contributed by atoms with E-state index in [0.717, 1.165) is 12.2 Å². The smallest absolute Gasteiger partial charge is 0.142 e. The molecule has 1 heterocycles. The number of nitrogens with two attached hydrogens (primary N) is 1. The molecule has 0 radical (unpaired) electrons. The molecule has 1 saturated carbocycles. The van der Waals surface area contributed by atoms with Gasteiger partial charge < -0.3 is 15.2 Å². The summed E-state index contributed by atoms with van der Waals surface area (Å²) < 4.78 is 12.1. The predicted molar refractivity (Wildman–Crippen MR) is 76.4 cm³/mol. The van der Waals surface area contributed by atoms with Crippen molar-refractivity contribution in [1.82, 2.24) is 0 Å². The Morgan fingerprint density at radius 2 is 2.11 bits per heavy atom. The minimum atomic E-state index is 0.187. The fourth-order valence-corrected chi connectivity index (χ4v) is 3.35. The van der Waals surface area contributed by atoms with Gasteiger partial charge in [-0.1, -0.05) is 18.9 Å². The maximum absolute atomic E-state index is 6.24. The van der Waals surface area contributed by atoms with E-state index >= 15 is 0 Å². The standard InChI is InChI=1S/C16H23NO2/c1-12-4-5-14(17)15(10-12)18-11-13-6-9-16(19-13)7-2-3-8-16/h4-5,10,13H,2-3,6-9,11,17H2,1H3. The number of anilines is 1. The van der Waals surface area contributed by atoms with E-state index in [1.54, 1.807) is 0 Å². The lowest BCUT2D eigenvalue weighted by Crippen LogP contribution is -2.27. The van der Waals surface area contributed by atoms with Gasteiger partial charge in [0, 0.05) is 0 Å². The zero-order valence-electron chi connectivity index (χ0n) is 11.7. The van der Waals surface area contributed by atoms with E-state index in [1.165, 1.54) is 37.7 Å². The summed E-state index contributed by atoms with van der Waals surface area (Å²) in [7, 11) is 0. The average molecular weight is 261 g/mol. The summed E-state index contributed by atoms with van der Waals surface area (Å²) >= 11 is 0. The lowest BCUT2D eigenvalue weighted by atomic mass is 9.98. The van der Waals surface area contributed by atoms with E-state index in [9.17, 15) is 0 Å². The Kier molecular flexibility index (Phi) is 3.40. The van der Waals surface area contributed by atoms with E-state index in [2.05, 4.69) is 0 Å². The summed E-state index contributed by atoms with van der Waals surface area (Å²) in [5, 5.41) is 0. The van der Waals surface area contributed by atoms with Crippen molar-refractivity contribution in [3.63, 3.8) is 0 Å². The minimum absolute atomic E-state index is 0.187. The van der Waals surface area contributed by atoms with Crippen LogP contribution in [-0.4, -0.2) is 18.3 Å². The summed E-state index contributed by atoms with van der Waals surface area (Å²) in [6, 6.07) is 5.90. The maximum atomic E-state index is 6.24. The summed E-state index contributed by atoms with van der Waals surface area (Å²) in [5.74, 6) is 0.788. The first-order valence-corrected chi connectivity index (χ1v) is 7.34. The van der Waals surface area contributed by atoms with Crippen LogP contribution in [0.15, 0.2) is 18.2 Å². The Labute approximate surface area is 115 Å². The molecule has 0 bridgehead atoms. The average Bonchev–Trinajstić information content (AvgIpc) is 3.02. The molecule has 0 amide bonds. The molecule has 2 aliphatic rings. The summed E-state index contributed by atoms with van der Waals surface area (Å²) in [6.07, 6.45) is 7.65. The highest BCUT2D eigenvalue weighted by Crippen LogP contribution is 2.43. The molecule has 1 saturated heterocycles. The molecule has 104 valence electrons. The number of hydrogen-bond donors (Lipinski definition) is 1. The number of hydrogen-bond acceptors (Lipinski definition) is 3. The van der Waals surface area contributed by atoms with E-state index in [-0.39, 0.29) is 11.7 Å². The Balaban J connectivity index is 1.57. The summed E-state index contributed by atoms with van der Waals surface area (Å²) in [6.45, 7) is 2.67. The molecule has 1 aliphatic carbocycles. The van der Waals surface area contributed by atoms with Gasteiger partial charge in [0.15, 0.2) is 0 Å². The molecule has 1 unspecified atom stereocenters. The first kappa shape index (κ1) is 12.8. The van der Waals surface area contributed by atoms with Gasteiger partial charge in [-0.05, 0) is 50.3 Å². The van der Waals surface area contributed by atoms with Gasteiger partial charge in [0.2, 0.25) is 0 Å². The summed E-state index contributed by atoms with van der Waals surface area (Å²) in [5.41, 5.74) is 7.99. The molecule has 1 atom stereocenters. The van der Waals surface area contributed by atoms with E-state index in [0.29, 0.717) is 12.3 Å². The molecule has 19 heavy (non-hydrogen) atoms. The van der Waals surface area contributed by atoms with Gasteiger partial charge in [0.25, 0.3) is 0 Å². The number of nitrogen functional groups attached to an aromatic ring is 1. The molecule has 1 aliphatic heterocycles. The predicted octanol–water partition coefficient (Wildman–Crippen LogP) is 3.45. The van der Waals surface area contributed by atoms with Gasteiger partial charge >= 0.3 is 0 Å². The Bertz CT molecular complexity index is 452. The van der Waals surface area contributed by atoms with Crippen LogP contribution in [-0.2, 0) is 4.74 Å². The molecule has 3 heteroatoms. The lowest BCUT2D eigenvalue weighted by Gasteiger charge is -2.24. The fourth-order valence-electron chi connectivity index (χ4n) is 3.35. The van der Waals surface area contributed by atoms with Crippen LogP contribution >= 0.6 is 0 Å². The number of rotatable bonds is 3. The van der Waals surface area contributed by atoms with Gasteiger partial charge in [-0.15, -0.1) is 0 Å². The van der Waals surface area contributed by atoms with Crippen molar-refractivity contribution in [3.05, 3.63) is 23.8 Å². The van der Waals surface area contributed by atoms with Gasteiger partial charge in [-0.25, -0.2) is 0 Å². The van der Waals surface area contributed by atoms with Crippen LogP contribution < -0.4 is 10.5 Å². The van der Waals surface area contributed by atoms with Gasteiger partial charge in [0.1, 0.15) is 12.4 Å². The van der Waals surface area contributed by atoms with Crippen molar-refractivity contribution in [2.75, 3.05) is 12.3 Å². The molecular weight excluding hydrogens is 238 g/mol. The van der Waals surface area contributed by atoms with Crippen molar-refractivity contribution >= 4 is 5.69 Å². The van der Waals surface area contributed by atoms with Crippen molar-refractivity contribution in [2.24, 2.45) is 0 Å². The third-order valence-corrected chi connectivity index (χ3v) is 4.45. The van der Waals surface area contributed by atoms with Crippen LogP contribution in [0.1, 0.15) is 44.1 Å². The second-order valence-electron chi connectivity index (χ2n) is 6.02. The normalized spacial score (nSPS) is 25.0. The molecule has 0 aromatic heterocycles. The second kappa shape index (κ2) is 5.04. The highest BCUT2D eigenvalue weighted by molar-refractivity contribution is 5.53. The molecule has 2 N–H and O–H groups in total. The highest BCUT2D eigenvalue weighted by Gasteiger charge is 2.42. The summed E-state index contributed by atoms with van der Waals surface area (Å²) in [4.78, 5) is 0. The van der Waals surface area contributed by atoms with Gasteiger partial charge in [-0.2, -0.15) is 0 Å². The zero-order valence-corrected chi connectivity index (χ0v) is 11.7. The third-order valence-electron chi connectivity index (χ3n) is 4.45. The number of benzene rings is 1. The van der Waals surface area contributed by atoms with Crippen LogP contribution in [0.3, 0.4) is 0 Å². The SMILES string of the molecule is Cc1ccc(N)c(OCC2CCC3(CCCC3)O2)c1. The van der Waals surface area contributed by atoms with E-state index in [4.69, 9.17) is 15.2 Å². The molecule has 3 nitrogen and oxygen atoms in total. The van der Waals surface area contributed by atoms with E-state index in [1.807, 2.05) is 25.1 Å². The quantitative estimate of drug-likeness (QED) is 0.848. The molecule has 1 spiro atoms. The first-order valence-electron chi connectivity index (χ1n) is 7.34. The van der Waals surface area contributed by atoms with Crippen molar-refractivity contribution in [3.8, 4) is 5.75 Å². The molecule has 2 fully saturated rings. The molecular formula is C16H23NO2. The molecule has 1 aromatic carbocycles. The minimum Gasteiger partial charge on any atom is -0.489 e. The van der Waals surface area contributed by atoms with Crippen LogP contribution in [0.25, 0.3) is 0 Å². The topological polar surface area (TPSA) is 44.5 Å². The highest BCUT2D eigenvalue weighted by atomic mass is 16.6. The largest absolute Gasteiger partial charge is 0.489 e. The molecule has 3 rings (SSSR count). The molecule has 1 aromatic rings.